The number of likely N-dealkylation sites (N-methyl/N-ethyl adjacent to an activating group) is 1. The highest BCUT2D eigenvalue weighted by Crippen LogP contribution is 2.19. The summed E-state index contributed by atoms with van der Waals surface area (Å²) in [7, 11) is -2.04. The molecule has 2 aromatic heterocycles. The Morgan fingerprint density at radius 1 is 1.40 bits per heavy atom. The van der Waals surface area contributed by atoms with Crippen LogP contribution in [0.15, 0.2) is 34.8 Å². The molecule has 1 atom stereocenters. The fourth-order valence-electron chi connectivity index (χ4n) is 1.71. The van der Waals surface area contributed by atoms with Crippen LogP contribution in [0.5, 0.6) is 0 Å². The van der Waals surface area contributed by atoms with E-state index in [9.17, 15) is 8.42 Å². The zero-order chi connectivity index (χ0) is 14.8. The number of aromatic nitrogens is 2. The minimum Gasteiger partial charge on any atom is -0.368 e. The predicted molar refractivity (Wildman–Crippen MR) is 78.9 cm³/mol. The lowest BCUT2D eigenvalue weighted by Gasteiger charge is -2.23. The predicted octanol–water partition coefficient (Wildman–Crippen LogP) is 1.37. The third-order valence-electron chi connectivity index (χ3n) is 3.02. The summed E-state index contributed by atoms with van der Waals surface area (Å²) in [6, 6.07) is 3.79. The van der Waals surface area contributed by atoms with Crippen molar-refractivity contribution in [3.63, 3.8) is 0 Å². The van der Waals surface area contributed by atoms with Gasteiger partial charge in [-0.15, -0.1) is 11.3 Å². The van der Waals surface area contributed by atoms with E-state index in [0.29, 0.717) is 6.42 Å². The summed E-state index contributed by atoms with van der Waals surface area (Å²) < 4.78 is 26.2. The van der Waals surface area contributed by atoms with Gasteiger partial charge in [0.2, 0.25) is 16.0 Å². The molecule has 6 nitrogen and oxygen atoms in total. The number of nitrogen functional groups attached to an aromatic ring is 1. The molecular formula is C12H16N4O2S2. The maximum absolute atomic E-state index is 12.4. The van der Waals surface area contributed by atoms with E-state index in [1.54, 1.807) is 18.4 Å². The maximum Gasteiger partial charge on any atom is 0.246 e. The topological polar surface area (TPSA) is 89.2 Å². The van der Waals surface area contributed by atoms with E-state index in [-0.39, 0.29) is 16.9 Å². The first-order valence-electron chi connectivity index (χ1n) is 5.99. The lowest BCUT2D eigenvalue weighted by atomic mass is 10.2. The third-order valence-corrected chi connectivity index (χ3v) is 5.85. The number of thiophene rings is 1. The zero-order valence-corrected chi connectivity index (χ0v) is 12.9. The molecule has 0 amide bonds. The largest absolute Gasteiger partial charge is 0.368 e. The molecule has 2 N–H and O–H groups in total. The standard InChI is InChI=1S/C12H16N4O2S2/c1-9(6-10-4-3-5-19-10)16(2)20(17,18)11-7-14-12(13)15-8-11/h3-5,7-9H,6H2,1-2H3,(H2,13,14,15). The van der Waals surface area contributed by atoms with Crippen molar-refractivity contribution in [1.29, 1.82) is 0 Å². The monoisotopic (exact) mass is 312 g/mol. The molecule has 8 heteroatoms. The number of nitrogens with zero attached hydrogens (tertiary/aromatic N) is 3. The fraction of sp³-hybridized carbons (Fsp3) is 0.333. The first-order chi connectivity index (χ1) is 9.41. The molecule has 0 aliphatic carbocycles. The number of hydrogen-bond acceptors (Lipinski definition) is 6. The van der Waals surface area contributed by atoms with E-state index in [4.69, 9.17) is 5.73 Å². The van der Waals surface area contributed by atoms with Gasteiger partial charge in [0, 0.05) is 18.0 Å². The second-order valence-electron chi connectivity index (χ2n) is 4.43. The summed E-state index contributed by atoms with van der Waals surface area (Å²) in [5.41, 5.74) is 5.37. The van der Waals surface area contributed by atoms with Crippen LogP contribution in [0.1, 0.15) is 11.8 Å². The molecule has 0 aromatic carbocycles. The van der Waals surface area contributed by atoms with E-state index < -0.39 is 10.0 Å². The van der Waals surface area contributed by atoms with Crippen LogP contribution in [-0.4, -0.2) is 35.8 Å². The van der Waals surface area contributed by atoms with Gasteiger partial charge in [-0.3, -0.25) is 0 Å². The molecule has 0 bridgehead atoms. The third kappa shape index (κ3) is 3.14. The summed E-state index contributed by atoms with van der Waals surface area (Å²) in [5.74, 6) is 0.0539. The summed E-state index contributed by atoms with van der Waals surface area (Å²) in [6.07, 6.45) is 3.13. The van der Waals surface area contributed by atoms with E-state index >= 15 is 0 Å². The normalized spacial score (nSPS) is 13.6. The van der Waals surface area contributed by atoms with Gasteiger partial charge in [-0.25, -0.2) is 18.4 Å². The van der Waals surface area contributed by atoms with Gasteiger partial charge >= 0.3 is 0 Å². The second kappa shape index (κ2) is 5.86. The van der Waals surface area contributed by atoms with Crippen LogP contribution >= 0.6 is 11.3 Å². The van der Waals surface area contributed by atoms with Crippen molar-refractivity contribution in [2.24, 2.45) is 0 Å². The highest BCUT2D eigenvalue weighted by Gasteiger charge is 2.26. The summed E-state index contributed by atoms with van der Waals surface area (Å²) in [5, 5.41) is 1.98. The Balaban J connectivity index is 2.18. The molecule has 0 fully saturated rings. The molecule has 0 aliphatic rings. The van der Waals surface area contributed by atoms with Gasteiger partial charge in [0.25, 0.3) is 0 Å². The average Bonchev–Trinajstić information content (AvgIpc) is 2.91. The highest BCUT2D eigenvalue weighted by molar-refractivity contribution is 7.89. The lowest BCUT2D eigenvalue weighted by molar-refractivity contribution is 0.388. The number of anilines is 1. The molecule has 0 saturated heterocycles. The van der Waals surface area contributed by atoms with Crippen LogP contribution < -0.4 is 5.73 Å². The van der Waals surface area contributed by atoms with Gasteiger partial charge in [0.05, 0.1) is 12.4 Å². The van der Waals surface area contributed by atoms with Crippen molar-refractivity contribution in [1.82, 2.24) is 14.3 Å². The lowest BCUT2D eigenvalue weighted by Crippen LogP contribution is -2.36. The maximum atomic E-state index is 12.4. The quantitative estimate of drug-likeness (QED) is 0.900. The van der Waals surface area contributed by atoms with Crippen LogP contribution in [0, 0.1) is 0 Å². The molecule has 2 rings (SSSR count). The summed E-state index contributed by atoms with van der Waals surface area (Å²) >= 11 is 1.61. The first kappa shape index (κ1) is 14.9. The van der Waals surface area contributed by atoms with Crippen LogP contribution in [0.2, 0.25) is 0 Å². The average molecular weight is 312 g/mol. The van der Waals surface area contributed by atoms with E-state index in [1.165, 1.54) is 16.7 Å². The second-order valence-corrected chi connectivity index (χ2v) is 7.46. The summed E-state index contributed by atoms with van der Waals surface area (Å²) in [4.78, 5) is 8.65. The van der Waals surface area contributed by atoms with Gasteiger partial charge < -0.3 is 5.73 Å². The Morgan fingerprint density at radius 3 is 2.60 bits per heavy atom. The minimum absolute atomic E-state index is 0.0484. The molecule has 0 radical (unpaired) electrons. The Kier molecular flexibility index (Phi) is 4.36. The van der Waals surface area contributed by atoms with E-state index in [0.717, 1.165) is 4.88 Å². The minimum atomic E-state index is -3.60. The highest BCUT2D eigenvalue weighted by atomic mass is 32.2. The van der Waals surface area contributed by atoms with Crippen molar-refractivity contribution in [3.05, 3.63) is 34.8 Å². The SMILES string of the molecule is CC(Cc1cccs1)N(C)S(=O)(=O)c1cnc(N)nc1. The Morgan fingerprint density at radius 2 is 2.05 bits per heavy atom. The van der Waals surface area contributed by atoms with Crippen LogP contribution in [0.3, 0.4) is 0 Å². The van der Waals surface area contributed by atoms with Crippen molar-refractivity contribution >= 4 is 27.3 Å². The molecule has 1 unspecified atom stereocenters. The smallest absolute Gasteiger partial charge is 0.246 e. The van der Waals surface area contributed by atoms with E-state index in [2.05, 4.69) is 9.97 Å². The Labute approximate surface area is 122 Å². The molecule has 108 valence electrons. The van der Waals surface area contributed by atoms with Crippen LogP contribution in [-0.2, 0) is 16.4 Å². The van der Waals surface area contributed by atoms with Crippen molar-refractivity contribution in [2.45, 2.75) is 24.3 Å². The van der Waals surface area contributed by atoms with Gasteiger partial charge in [-0.2, -0.15) is 4.31 Å². The molecular weight excluding hydrogens is 296 g/mol. The van der Waals surface area contributed by atoms with Crippen LogP contribution in [0.25, 0.3) is 0 Å². The van der Waals surface area contributed by atoms with Crippen molar-refractivity contribution in [2.75, 3.05) is 12.8 Å². The Bertz CT molecular complexity index is 653. The number of rotatable bonds is 5. The molecule has 2 aromatic rings. The number of sulfonamides is 1. The van der Waals surface area contributed by atoms with Crippen LogP contribution in [0.4, 0.5) is 5.95 Å². The van der Waals surface area contributed by atoms with Gasteiger partial charge in [0.15, 0.2) is 0 Å². The zero-order valence-electron chi connectivity index (χ0n) is 11.2. The molecule has 0 saturated carbocycles. The fourth-order valence-corrected chi connectivity index (χ4v) is 3.79. The van der Waals surface area contributed by atoms with Gasteiger partial charge in [-0.1, -0.05) is 6.07 Å². The molecule has 0 aliphatic heterocycles. The van der Waals surface area contributed by atoms with Crippen molar-refractivity contribution in [3.8, 4) is 0 Å². The number of hydrogen-bond donors (Lipinski definition) is 1. The van der Waals surface area contributed by atoms with E-state index in [1.807, 2.05) is 24.4 Å². The molecule has 2 heterocycles. The van der Waals surface area contributed by atoms with Crippen molar-refractivity contribution < 1.29 is 8.42 Å². The molecule has 0 spiro atoms. The molecule has 20 heavy (non-hydrogen) atoms. The Hall–Kier alpha value is -1.51. The summed E-state index contributed by atoms with van der Waals surface area (Å²) in [6.45, 7) is 1.87. The number of nitrogens with two attached hydrogens (primary N) is 1. The first-order valence-corrected chi connectivity index (χ1v) is 8.31. The van der Waals surface area contributed by atoms with Gasteiger partial charge in [0.1, 0.15) is 4.90 Å². The van der Waals surface area contributed by atoms with Gasteiger partial charge in [-0.05, 0) is 24.8 Å².